The number of nitrogens with one attached hydrogen (secondary N) is 1. The third kappa shape index (κ3) is 4.48. The summed E-state index contributed by atoms with van der Waals surface area (Å²) in [5.41, 5.74) is 5.09. The van der Waals surface area contributed by atoms with Crippen molar-refractivity contribution >= 4 is 23.4 Å². The molecule has 5 nitrogen and oxygen atoms in total. The molecule has 0 spiro atoms. The Kier molecular flexibility index (Phi) is 4.84. The van der Waals surface area contributed by atoms with Crippen molar-refractivity contribution in [2.45, 2.75) is 18.9 Å². The normalized spacial score (nSPS) is 18.7. The fraction of sp³-hybridized carbons (Fsp3) is 0.778. The lowest BCUT2D eigenvalue weighted by molar-refractivity contribution is -0.121. The van der Waals surface area contributed by atoms with Crippen LogP contribution in [0.1, 0.15) is 12.8 Å². The van der Waals surface area contributed by atoms with Crippen LogP contribution in [-0.2, 0) is 9.59 Å². The molecule has 0 radical (unpaired) electrons. The number of hydrogen-bond acceptors (Lipinski definition) is 3. The van der Waals surface area contributed by atoms with Crippen LogP contribution in [0.25, 0.3) is 0 Å². The van der Waals surface area contributed by atoms with Crippen LogP contribution in [0.5, 0.6) is 0 Å². The number of amides is 2. The molecule has 1 fully saturated rings. The summed E-state index contributed by atoms with van der Waals surface area (Å²) in [4.78, 5) is 23.7. The minimum absolute atomic E-state index is 0.00149. The highest BCUT2D eigenvalue weighted by Gasteiger charge is 2.20. The number of halogens is 1. The zero-order valence-electron chi connectivity index (χ0n) is 8.54. The molecule has 1 saturated heterocycles. The fourth-order valence-electron chi connectivity index (χ4n) is 1.72. The molecular formula is C9H16ClN3O2. The average Bonchev–Trinajstić information content (AvgIpc) is 2.20. The van der Waals surface area contributed by atoms with Gasteiger partial charge in [0.05, 0.1) is 6.54 Å². The van der Waals surface area contributed by atoms with E-state index in [0.29, 0.717) is 6.54 Å². The van der Waals surface area contributed by atoms with Gasteiger partial charge in [-0.3, -0.25) is 14.5 Å². The SMILES string of the molecule is NC(=O)CN1CCC(NC(=O)CCl)CC1. The van der Waals surface area contributed by atoms with Crippen LogP contribution in [0.4, 0.5) is 0 Å². The Morgan fingerprint density at radius 1 is 1.40 bits per heavy atom. The van der Waals surface area contributed by atoms with Gasteiger partial charge in [0, 0.05) is 19.1 Å². The Bertz CT molecular complexity index is 240. The summed E-state index contributed by atoms with van der Waals surface area (Å²) < 4.78 is 0. The molecule has 0 bridgehead atoms. The second-order valence-electron chi connectivity index (χ2n) is 3.72. The lowest BCUT2D eigenvalue weighted by atomic mass is 10.1. The molecule has 0 aliphatic carbocycles. The maximum absolute atomic E-state index is 11.0. The molecule has 0 saturated carbocycles. The highest BCUT2D eigenvalue weighted by molar-refractivity contribution is 6.27. The minimum atomic E-state index is -0.307. The van der Waals surface area contributed by atoms with E-state index < -0.39 is 0 Å². The van der Waals surface area contributed by atoms with Crippen LogP contribution in [0.15, 0.2) is 0 Å². The maximum Gasteiger partial charge on any atom is 0.235 e. The third-order valence-corrected chi connectivity index (χ3v) is 2.70. The number of nitrogens with zero attached hydrogens (tertiary/aromatic N) is 1. The van der Waals surface area contributed by atoms with E-state index in [1.807, 2.05) is 4.90 Å². The molecule has 1 heterocycles. The Hall–Kier alpha value is -0.810. The Morgan fingerprint density at radius 2 is 2.00 bits per heavy atom. The number of rotatable bonds is 4. The summed E-state index contributed by atoms with van der Waals surface area (Å²) >= 11 is 5.39. The van der Waals surface area contributed by atoms with Crippen LogP contribution in [0, 0.1) is 0 Å². The van der Waals surface area contributed by atoms with Crippen LogP contribution in [0.3, 0.4) is 0 Å². The van der Waals surface area contributed by atoms with E-state index in [2.05, 4.69) is 5.32 Å². The molecule has 0 unspecified atom stereocenters. The van der Waals surface area contributed by atoms with Crippen molar-refractivity contribution in [2.75, 3.05) is 25.5 Å². The van der Waals surface area contributed by atoms with Crippen molar-refractivity contribution in [2.24, 2.45) is 5.73 Å². The zero-order chi connectivity index (χ0) is 11.3. The first-order valence-corrected chi connectivity index (χ1v) is 5.51. The Morgan fingerprint density at radius 3 is 2.47 bits per heavy atom. The first-order chi connectivity index (χ1) is 7.11. The molecule has 2 amide bonds. The number of alkyl halides is 1. The van der Waals surface area contributed by atoms with E-state index >= 15 is 0 Å². The van der Waals surface area contributed by atoms with Crippen molar-refractivity contribution in [1.29, 1.82) is 0 Å². The number of primary amides is 1. The minimum Gasteiger partial charge on any atom is -0.369 e. The number of hydrogen-bond donors (Lipinski definition) is 2. The number of piperidine rings is 1. The molecule has 6 heteroatoms. The second-order valence-corrected chi connectivity index (χ2v) is 3.99. The fourth-order valence-corrected chi connectivity index (χ4v) is 1.80. The Balaban J connectivity index is 2.23. The van der Waals surface area contributed by atoms with Crippen molar-refractivity contribution < 1.29 is 9.59 Å². The largest absolute Gasteiger partial charge is 0.369 e. The molecule has 1 aliphatic rings. The van der Waals surface area contributed by atoms with Crippen LogP contribution < -0.4 is 11.1 Å². The molecule has 1 rings (SSSR count). The highest BCUT2D eigenvalue weighted by atomic mass is 35.5. The monoisotopic (exact) mass is 233 g/mol. The molecule has 0 atom stereocenters. The molecule has 0 aromatic rings. The number of nitrogens with two attached hydrogens (primary N) is 1. The molecule has 15 heavy (non-hydrogen) atoms. The van der Waals surface area contributed by atoms with Gasteiger partial charge in [0.25, 0.3) is 0 Å². The smallest absolute Gasteiger partial charge is 0.235 e. The summed E-state index contributed by atoms with van der Waals surface area (Å²) in [5, 5.41) is 2.83. The van der Waals surface area contributed by atoms with Gasteiger partial charge in [-0.1, -0.05) is 0 Å². The molecular weight excluding hydrogens is 218 g/mol. The predicted octanol–water partition coefficient (Wildman–Crippen LogP) is -0.709. The summed E-state index contributed by atoms with van der Waals surface area (Å²) in [5.74, 6) is -0.440. The molecule has 86 valence electrons. The van der Waals surface area contributed by atoms with Gasteiger partial charge in [0.1, 0.15) is 5.88 Å². The summed E-state index contributed by atoms with van der Waals surface area (Å²) in [6, 6.07) is 0.181. The van der Waals surface area contributed by atoms with E-state index in [9.17, 15) is 9.59 Å². The predicted molar refractivity (Wildman–Crippen MR) is 57.5 cm³/mol. The van der Waals surface area contributed by atoms with E-state index in [1.165, 1.54) is 0 Å². The van der Waals surface area contributed by atoms with E-state index in [1.54, 1.807) is 0 Å². The lowest BCUT2D eigenvalue weighted by Gasteiger charge is -2.31. The van der Waals surface area contributed by atoms with E-state index in [-0.39, 0.29) is 23.7 Å². The summed E-state index contributed by atoms with van der Waals surface area (Å²) in [6.07, 6.45) is 1.69. The Labute approximate surface area is 93.9 Å². The number of carbonyl (C=O) groups is 2. The van der Waals surface area contributed by atoms with E-state index in [0.717, 1.165) is 25.9 Å². The third-order valence-electron chi connectivity index (χ3n) is 2.45. The average molecular weight is 234 g/mol. The van der Waals surface area contributed by atoms with Crippen molar-refractivity contribution in [3.05, 3.63) is 0 Å². The van der Waals surface area contributed by atoms with Gasteiger partial charge in [-0.25, -0.2) is 0 Å². The number of carbonyl (C=O) groups excluding carboxylic acids is 2. The summed E-state index contributed by atoms with van der Waals surface area (Å²) in [6.45, 7) is 1.88. The second kappa shape index (κ2) is 5.92. The van der Waals surface area contributed by atoms with Gasteiger partial charge >= 0.3 is 0 Å². The van der Waals surface area contributed by atoms with Crippen molar-refractivity contribution in [3.63, 3.8) is 0 Å². The van der Waals surface area contributed by atoms with Gasteiger partial charge < -0.3 is 11.1 Å². The van der Waals surface area contributed by atoms with Gasteiger partial charge in [-0.2, -0.15) is 0 Å². The molecule has 3 N–H and O–H groups in total. The van der Waals surface area contributed by atoms with Crippen LogP contribution in [-0.4, -0.2) is 48.3 Å². The first kappa shape index (κ1) is 12.3. The van der Waals surface area contributed by atoms with Crippen molar-refractivity contribution in [1.82, 2.24) is 10.2 Å². The molecule has 0 aromatic heterocycles. The molecule has 0 aromatic carbocycles. The van der Waals surface area contributed by atoms with E-state index in [4.69, 9.17) is 17.3 Å². The van der Waals surface area contributed by atoms with Gasteiger partial charge in [0.2, 0.25) is 11.8 Å². The molecule has 1 aliphatic heterocycles. The summed E-state index contributed by atoms with van der Waals surface area (Å²) in [7, 11) is 0. The maximum atomic E-state index is 11.0. The highest BCUT2D eigenvalue weighted by Crippen LogP contribution is 2.09. The van der Waals surface area contributed by atoms with Gasteiger partial charge in [0.15, 0.2) is 0 Å². The van der Waals surface area contributed by atoms with Crippen LogP contribution in [0.2, 0.25) is 0 Å². The quantitative estimate of drug-likeness (QED) is 0.630. The lowest BCUT2D eigenvalue weighted by Crippen LogP contribution is -2.47. The zero-order valence-corrected chi connectivity index (χ0v) is 9.29. The standard InChI is InChI=1S/C9H16ClN3O2/c10-5-9(15)12-7-1-3-13(4-2-7)6-8(11)14/h7H,1-6H2,(H2,11,14)(H,12,15). The van der Waals surface area contributed by atoms with Gasteiger partial charge in [-0.05, 0) is 12.8 Å². The van der Waals surface area contributed by atoms with Gasteiger partial charge in [-0.15, -0.1) is 11.6 Å². The topological polar surface area (TPSA) is 75.4 Å². The van der Waals surface area contributed by atoms with Crippen molar-refractivity contribution in [3.8, 4) is 0 Å². The van der Waals surface area contributed by atoms with Crippen LogP contribution >= 0.6 is 11.6 Å². The first-order valence-electron chi connectivity index (χ1n) is 4.98. The number of likely N-dealkylation sites (tertiary alicyclic amines) is 1.